The van der Waals surface area contributed by atoms with E-state index in [1.165, 1.54) is 70.6 Å². The lowest BCUT2D eigenvalue weighted by molar-refractivity contribution is -0.280. The molecule has 236 valence electrons. The lowest BCUT2D eigenvalue weighted by atomic mass is 9.34. The van der Waals surface area contributed by atoms with Gasteiger partial charge >= 0.3 is 0 Å². The minimum absolute atomic E-state index is 0.0147. The molecule has 1 aliphatic heterocycles. The largest absolute Gasteiger partial charge is 0.393 e. The van der Waals surface area contributed by atoms with Gasteiger partial charge in [0, 0.05) is 11.3 Å². The lowest BCUT2D eigenvalue weighted by Gasteiger charge is -2.72. The molecular weight excluding hydrogens is 508 g/mol. The summed E-state index contributed by atoms with van der Waals surface area (Å²) in [6.45, 7) is 16.1. The molecule has 0 amide bonds. The maximum absolute atomic E-state index is 12.5. The van der Waals surface area contributed by atoms with Crippen LogP contribution in [0.15, 0.2) is 0 Å². The third-order valence-corrected chi connectivity index (χ3v) is 15.4. The first kappa shape index (κ1) is 30.8. The van der Waals surface area contributed by atoms with Crippen LogP contribution in [0.1, 0.15) is 132 Å². The van der Waals surface area contributed by atoms with Crippen molar-refractivity contribution in [2.75, 3.05) is 0 Å². The van der Waals surface area contributed by atoms with E-state index in [0.717, 1.165) is 18.8 Å². The maximum Gasteiger partial charge on any atom is 0.0656 e. The van der Waals surface area contributed by atoms with E-state index in [1.54, 1.807) is 0 Å². The van der Waals surface area contributed by atoms with E-state index in [2.05, 4.69) is 41.5 Å². The zero-order valence-corrected chi connectivity index (χ0v) is 27.5. The van der Waals surface area contributed by atoms with Gasteiger partial charge in [-0.15, -0.1) is 0 Å². The molecule has 6 fully saturated rings. The summed E-state index contributed by atoms with van der Waals surface area (Å²) in [6, 6.07) is 0. The number of fused-ring (bicyclic) bond motifs is 3. The highest BCUT2D eigenvalue weighted by molar-refractivity contribution is 5.18. The third-order valence-electron chi connectivity index (χ3n) is 15.4. The van der Waals surface area contributed by atoms with Crippen molar-refractivity contribution >= 4 is 0 Å². The summed E-state index contributed by atoms with van der Waals surface area (Å²) in [7, 11) is 0. The lowest BCUT2D eigenvalue weighted by Crippen LogP contribution is -2.70. The molecule has 6 rings (SSSR count). The molecular formula is C37H64O4. The fraction of sp³-hybridized carbons (Fsp3) is 1.00. The van der Waals surface area contributed by atoms with Crippen LogP contribution in [0, 0.1) is 69.5 Å². The minimum atomic E-state index is -0.551. The van der Waals surface area contributed by atoms with Gasteiger partial charge in [-0.2, -0.15) is 0 Å². The summed E-state index contributed by atoms with van der Waals surface area (Å²) < 4.78 is 6.96. The first-order valence-corrected chi connectivity index (χ1v) is 18.0. The van der Waals surface area contributed by atoms with E-state index in [0.29, 0.717) is 35.9 Å². The number of aliphatic hydroxyl groups is 3. The average molecular weight is 573 g/mol. The van der Waals surface area contributed by atoms with Crippen LogP contribution in [0.25, 0.3) is 0 Å². The summed E-state index contributed by atoms with van der Waals surface area (Å²) in [5.41, 5.74) is -0.280. The molecule has 0 aromatic carbocycles. The Labute approximate surface area is 251 Å². The van der Waals surface area contributed by atoms with Gasteiger partial charge in [0.25, 0.3) is 0 Å². The highest BCUT2D eigenvalue weighted by Crippen LogP contribution is 2.73. The normalized spacial score (nSPS) is 56.9. The van der Waals surface area contributed by atoms with E-state index in [4.69, 9.17) is 4.74 Å². The van der Waals surface area contributed by atoms with E-state index < -0.39 is 12.2 Å². The Morgan fingerprint density at radius 3 is 2.22 bits per heavy atom. The number of rotatable bonds is 4. The van der Waals surface area contributed by atoms with Gasteiger partial charge in [0.2, 0.25) is 0 Å². The Morgan fingerprint density at radius 1 is 0.829 bits per heavy atom. The van der Waals surface area contributed by atoms with E-state index in [9.17, 15) is 15.3 Å². The molecule has 41 heavy (non-hydrogen) atoms. The molecule has 5 aliphatic carbocycles. The van der Waals surface area contributed by atoms with Gasteiger partial charge in [-0.25, -0.2) is 0 Å². The molecule has 0 spiro atoms. The van der Waals surface area contributed by atoms with Crippen LogP contribution in [0.5, 0.6) is 0 Å². The van der Waals surface area contributed by atoms with Gasteiger partial charge in [-0.1, -0.05) is 73.6 Å². The molecule has 1 saturated heterocycles. The van der Waals surface area contributed by atoms with Gasteiger partial charge in [-0.3, -0.25) is 0 Å². The van der Waals surface area contributed by atoms with Crippen molar-refractivity contribution in [3.63, 3.8) is 0 Å². The molecule has 0 aromatic rings. The zero-order chi connectivity index (χ0) is 29.5. The monoisotopic (exact) mass is 572 g/mol. The molecule has 0 aromatic heterocycles. The van der Waals surface area contributed by atoms with Gasteiger partial charge in [0.15, 0.2) is 0 Å². The zero-order valence-electron chi connectivity index (χ0n) is 27.5. The molecule has 3 N–H and O–H groups in total. The molecule has 0 radical (unpaired) electrons. The molecule has 4 nitrogen and oxygen atoms in total. The highest BCUT2D eigenvalue weighted by Gasteiger charge is 2.70. The van der Waals surface area contributed by atoms with Crippen LogP contribution in [-0.4, -0.2) is 45.8 Å². The SMILES string of the molecule is CC(O)C1C(C)C[C@]2(C)C[C@]3(C)CC4C(C5CCC(CC6CCCCC6)O5)CCC(C)C4C(O)C3C(C)[C@]2(C)C1O. The predicted molar refractivity (Wildman–Crippen MR) is 165 cm³/mol. The van der Waals surface area contributed by atoms with Crippen LogP contribution in [-0.2, 0) is 4.74 Å². The molecule has 4 heteroatoms. The highest BCUT2D eigenvalue weighted by atomic mass is 16.5. The standard InChI is InChI=1S/C37H64O4/c1-21-13-15-27(29-16-14-26(41-29)17-25-11-9-8-10-12-25)28-19-35(5)20-36(6)18-22(2)30(24(4)38)34(40)37(36,7)23(3)32(35)33(39)31(21)28/h21-34,38-40H,8-20H2,1-7H3/t21?,22?,23?,24?,26?,27?,28?,29?,30?,31?,32?,33?,34?,35-,36+,37+/m0/s1. The van der Waals surface area contributed by atoms with Crippen LogP contribution >= 0.6 is 0 Å². The van der Waals surface area contributed by atoms with Crippen molar-refractivity contribution < 1.29 is 20.1 Å². The fourth-order valence-corrected chi connectivity index (χ4v) is 13.6. The van der Waals surface area contributed by atoms with Gasteiger partial charge in [0.05, 0.1) is 30.5 Å². The average Bonchev–Trinajstić information content (AvgIpc) is 3.34. The topological polar surface area (TPSA) is 69.9 Å². The minimum Gasteiger partial charge on any atom is -0.393 e. The smallest absolute Gasteiger partial charge is 0.0656 e. The van der Waals surface area contributed by atoms with Crippen molar-refractivity contribution in [2.45, 2.75) is 162 Å². The third kappa shape index (κ3) is 4.82. The molecule has 1 heterocycles. The summed E-state index contributed by atoms with van der Waals surface area (Å²) in [6.07, 6.45) is 16.0. The van der Waals surface area contributed by atoms with Crippen molar-refractivity contribution in [1.29, 1.82) is 0 Å². The van der Waals surface area contributed by atoms with Crippen LogP contribution < -0.4 is 0 Å². The van der Waals surface area contributed by atoms with Gasteiger partial charge < -0.3 is 20.1 Å². The van der Waals surface area contributed by atoms with Gasteiger partial charge in [-0.05, 0) is 116 Å². The van der Waals surface area contributed by atoms with E-state index in [1.807, 2.05) is 6.92 Å². The van der Waals surface area contributed by atoms with Crippen molar-refractivity contribution in [1.82, 2.24) is 0 Å². The first-order chi connectivity index (χ1) is 19.3. The summed E-state index contributed by atoms with van der Waals surface area (Å²) in [4.78, 5) is 0. The first-order valence-electron chi connectivity index (χ1n) is 18.0. The van der Waals surface area contributed by atoms with Gasteiger partial charge in [0.1, 0.15) is 0 Å². The quantitative estimate of drug-likeness (QED) is 0.324. The van der Waals surface area contributed by atoms with E-state index >= 15 is 0 Å². The second kappa shape index (κ2) is 11.0. The van der Waals surface area contributed by atoms with Crippen LogP contribution in [0.4, 0.5) is 0 Å². The Kier molecular flexibility index (Phi) is 8.29. The Balaban J connectivity index is 1.26. The van der Waals surface area contributed by atoms with Crippen molar-refractivity contribution in [2.24, 2.45) is 69.5 Å². The fourth-order valence-electron chi connectivity index (χ4n) is 13.6. The van der Waals surface area contributed by atoms with Crippen molar-refractivity contribution in [3.8, 4) is 0 Å². The molecule has 6 aliphatic rings. The molecule has 13 unspecified atom stereocenters. The predicted octanol–water partition coefficient (Wildman–Crippen LogP) is 7.62. The number of ether oxygens (including phenoxy) is 1. The Bertz CT molecular complexity index is 930. The summed E-state index contributed by atoms with van der Waals surface area (Å²) in [5, 5.41) is 35.2. The maximum atomic E-state index is 12.5. The number of hydrogen-bond acceptors (Lipinski definition) is 4. The van der Waals surface area contributed by atoms with Crippen LogP contribution in [0.3, 0.4) is 0 Å². The van der Waals surface area contributed by atoms with E-state index in [-0.39, 0.29) is 46.0 Å². The summed E-state index contributed by atoms with van der Waals surface area (Å²) in [5.74, 6) is 3.41. The second-order valence-electron chi connectivity index (χ2n) is 17.7. The molecule has 0 bridgehead atoms. The van der Waals surface area contributed by atoms with Crippen LogP contribution in [0.2, 0.25) is 0 Å². The molecule has 16 atom stereocenters. The Morgan fingerprint density at radius 2 is 1.54 bits per heavy atom. The second-order valence-corrected chi connectivity index (χ2v) is 17.7. The number of hydrogen-bond donors (Lipinski definition) is 3. The summed E-state index contributed by atoms with van der Waals surface area (Å²) >= 11 is 0. The Hall–Kier alpha value is -0.160. The number of aliphatic hydroxyl groups excluding tert-OH is 3. The van der Waals surface area contributed by atoms with Crippen molar-refractivity contribution in [3.05, 3.63) is 0 Å². The molecule has 5 saturated carbocycles.